The van der Waals surface area contributed by atoms with Crippen LogP contribution in [0.4, 0.5) is 0 Å². The molecule has 1 aliphatic rings. The van der Waals surface area contributed by atoms with Crippen molar-refractivity contribution in [3.63, 3.8) is 0 Å². The van der Waals surface area contributed by atoms with E-state index in [1.165, 1.54) is 21.6 Å². The zero-order valence-corrected chi connectivity index (χ0v) is 15.7. The highest BCUT2D eigenvalue weighted by atomic mass is 15.6. The minimum absolute atomic E-state index is 0.124. The fourth-order valence-corrected chi connectivity index (χ4v) is 3.91. The van der Waals surface area contributed by atoms with Crippen molar-refractivity contribution in [1.29, 1.82) is 0 Å². The van der Waals surface area contributed by atoms with Crippen LogP contribution in [0.15, 0.2) is 54.6 Å². The molecule has 5 heteroatoms. The van der Waals surface area contributed by atoms with Gasteiger partial charge in [0.2, 0.25) is 5.82 Å². The highest BCUT2D eigenvalue weighted by molar-refractivity contribution is 5.28. The molecule has 0 aliphatic carbocycles. The Morgan fingerprint density at radius 2 is 1.65 bits per heavy atom. The summed E-state index contributed by atoms with van der Waals surface area (Å²) in [5.74, 6) is 0.943. The van der Waals surface area contributed by atoms with Crippen LogP contribution >= 0.6 is 0 Å². The van der Waals surface area contributed by atoms with Crippen molar-refractivity contribution in [1.82, 2.24) is 20.2 Å². The topological polar surface area (TPSA) is 48.0 Å². The summed E-state index contributed by atoms with van der Waals surface area (Å²) in [6.07, 6.45) is 1.09. The summed E-state index contributed by atoms with van der Waals surface area (Å²) in [5, 5.41) is 12.8. The third-order valence-corrected chi connectivity index (χ3v) is 5.18. The third kappa shape index (κ3) is 3.15. The average molecular weight is 348 g/mol. The molecule has 0 saturated heterocycles. The summed E-state index contributed by atoms with van der Waals surface area (Å²) >= 11 is 0. The molecule has 1 aliphatic heterocycles. The molecule has 5 nitrogen and oxygen atoms in total. The number of fused-ring (bicyclic) bond motifs is 1. The van der Waals surface area contributed by atoms with Crippen molar-refractivity contribution in [3.8, 4) is 0 Å². The molecule has 2 aromatic carbocycles. The van der Waals surface area contributed by atoms with Gasteiger partial charge in [-0.1, -0.05) is 54.6 Å². The van der Waals surface area contributed by atoms with Gasteiger partial charge in [-0.25, -0.2) is 4.68 Å². The van der Waals surface area contributed by atoms with Gasteiger partial charge in [-0.15, -0.1) is 5.10 Å². The van der Waals surface area contributed by atoms with Gasteiger partial charge in [0.25, 0.3) is 0 Å². The average Bonchev–Trinajstić information content (AvgIpc) is 3.13. The van der Waals surface area contributed by atoms with Crippen molar-refractivity contribution in [3.05, 3.63) is 77.1 Å². The van der Waals surface area contributed by atoms with E-state index in [-0.39, 0.29) is 11.6 Å². The van der Waals surface area contributed by atoms with Crippen LogP contribution in [0.2, 0.25) is 0 Å². The van der Waals surface area contributed by atoms with Crippen LogP contribution in [0.5, 0.6) is 0 Å². The van der Waals surface area contributed by atoms with Gasteiger partial charge in [0, 0.05) is 17.5 Å². The van der Waals surface area contributed by atoms with E-state index < -0.39 is 0 Å². The number of nitrogens with zero attached hydrogens (tertiary/aromatic N) is 4. The molecule has 134 valence electrons. The molecule has 1 unspecified atom stereocenters. The number of benzene rings is 2. The zero-order valence-electron chi connectivity index (χ0n) is 15.7. The molecule has 2 atom stereocenters. The first-order chi connectivity index (χ1) is 12.5. The Kier molecular flexibility index (Phi) is 4.32. The van der Waals surface area contributed by atoms with Crippen molar-refractivity contribution >= 4 is 0 Å². The van der Waals surface area contributed by atoms with Crippen LogP contribution in [-0.4, -0.2) is 26.8 Å². The lowest BCUT2D eigenvalue weighted by atomic mass is 9.95. The van der Waals surface area contributed by atoms with Crippen LogP contribution in [-0.2, 0) is 18.5 Å². The molecule has 3 aromatic rings. The second-order valence-electron chi connectivity index (χ2n) is 8.07. The molecule has 0 saturated carbocycles. The minimum Gasteiger partial charge on any atom is -0.318 e. The third-order valence-electron chi connectivity index (χ3n) is 5.18. The van der Waals surface area contributed by atoms with Gasteiger partial charge in [-0.2, -0.15) is 0 Å². The Morgan fingerprint density at radius 1 is 0.962 bits per heavy atom. The maximum absolute atomic E-state index is 4.47. The maximum Gasteiger partial charge on any atom is 0.214 e. The largest absolute Gasteiger partial charge is 0.318 e. The van der Waals surface area contributed by atoms with Gasteiger partial charge in [-0.3, -0.25) is 0 Å². The normalized spacial score (nSPS) is 18.3. The fraction of sp³-hybridized carbons (Fsp3) is 0.381. The van der Waals surface area contributed by atoms with Crippen LogP contribution in [0.25, 0.3) is 0 Å². The monoisotopic (exact) mass is 348 g/mol. The Balaban J connectivity index is 1.78. The van der Waals surface area contributed by atoms with Gasteiger partial charge < -0.3 is 4.90 Å². The Bertz CT molecular complexity index is 879. The van der Waals surface area contributed by atoms with E-state index in [0.29, 0.717) is 0 Å². The minimum atomic E-state index is -0.154. The standard InChI is InChI=1S/C21H25N5/c1-21(2,3)26-20(22-23-24-26)19(17-10-5-4-6-11-17)25-14-13-16-9-7-8-12-18(16)15-25/h4-12,19H,13-15H2,1-3H3/p+1/t19-/m0/s1. The molecule has 2 heterocycles. The molecular formula is C21H26N5+. The van der Waals surface area contributed by atoms with Crippen molar-refractivity contribution in [2.45, 2.75) is 45.3 Å². The lowest BCUT2D eigenvalue weighted by molar-refractivity contribution is -0.941. The highest BCUT2D eigenvalue weighted by Crippen LogP contribution is 2.23. The second-order valence-corrected chi connectivity index (χ2v) is 8.07. The van der Waals surface area contributed by atoms with E-state index in [1.807, 2.05) is 4.68 Å². The predicted molar refractivity (Wildman–Crippen MR) is 101 cm³/mol. The molecule has 1 aromatic heterocycles. The van der Waals surface area contributed by atoms with Crippen molar-refractivity contribution < 1.29 is 4.90 Å². The number of tetrazole rings is 1. The number of aromatic nitrogens is 4. The van der Waals surface area contributed by atoms with Gasteiger partial charge in [0.05, 0.1) is 12.1 Å². The molecule has 0 fully saturated rings. The van der Waals surface area contributed by atoms with E-state index >= 15 is 0 Å². The first-order valence-electron chi connectivity index (χ1n) is 9.29. The molecule has 0 spiro atoms. The number of hydrogen-bond donors (Lipinski definition) is 1. The Hall–Kier alpha value is -2.53. The first-order valence-corrected chi connectivity index (χ1v) is 9.29. The summed E-state index contributed by atoms with van der Waals surface area (Å²) in [6.45, 7) is 8.52. The SMILES string of the molecule is CC(C)(C)n1nnnc1[C@H](c1ccccc1)[NH+]1CCc2ccccc2C1. The molecule has 26 heavy (non-hydrogen) atoms. The first kappa shape index (κ1) is 16.9. The van der Waals surface area contributed by atoms with Gasteiger partial charge in [-0.05, 0) is 36.8 Å². The van der Waals surface area contributed by atoms with Crippen molar-refractivity contribution in [2.24, 2.45) is 0 Å². The Labute approximate surface area is 154 Å². The summed E-state index contributed by atoms with van der Waals surface area (Å²) in [7, 11) is 0. The number of hydrogen-bond acceptors (Lipinski definition) is 3. The van der Waals surface area contributed by atoms with Crippen LogP contribution in [0, 0.1) is 0 Å². The second kappa shape index (κ2) is 6.65. The summed E-state index contributed by atoms with van der Waals surface area (Å²) in [5.41, 5.74) is 4.02. The molecule has 1 N–H and O–H groups in total. The lowest BCUT2D eigenvalue weighted by Gasteiger charge is -2.33. The van der Waals surface area contributed by atoms with Crippen LogP contribution in [0.1, 0.15) is 49.3 Å². The van der Waals surface area contributed by atoms with Crippen LogP contribution < -0.4 is 4.90 Å². The number of nitrogens with one attached hydrogen (secondary N) is 1. The van der Waals surface area contributed by atoms with Gasteiger partial charge >= 0.3 is 0 Å². The summed E-state index contributed by atoms with van der Waals surface area (Å²) < 4.78 is 1.98. The molecule has 0 amide bonds. The zero-order chi connectivity index (χ0) is 18.1. The lowest BCUT2D eigenvalue weighted by Crippen LogP contribution is -3.12. The smallest absolute Gasteiger partial charge is 0.214 e. The fourth-order valence-electron chi connectivity index (χ4n) is 3.91. The summed E-state index contributed by atoms with van der Waals surface area (Å²) in [6, 6.07) is 19.6. The number of rotatable bonds is 3. The quantitative estimate of drug-likeness (QED) is 0.789. The Morgan fingerprint density at radius 3 is 2.38 bits per heavy atom. The molecule has 0 radical (unpaired) electrons. The van der Waals surface area contributed by atoms with Crippen molar-refractivity contribution in [2.75, 3.05) is 6.54 Å². The predicted octanol–water partition coefficient (Wildman–Crippen LogP) is 2.16. The van der Waals surface area contributed by atoms with Crippen LogP contribution in [0.3, 0.4) is 0 Å². The van der Waals surface area contributed by atoms with E-state index in [9.17, 15) is 0 Å². The maximum atomic E-state index is 4.47. The van der Waals surface area contributed by atoms with Gasteiger partial charge in [0.15, 0.2) is 6.04 Å². The number of quaternary nitrogens is 1. The van der Waals surface area contributed by atoms with Gasteiger partial charge in [0.1, 0.15) is 6.54 Å². The molecular weight excluding hydrogens is 322 g/mol. The van der Waals surface area contributed by atoms with E-state index in [1.54, 1.807) is 0 Å². The van der Waals surface area contributed by atoms with E-state index in [2.05, 4.69) is 90.9 Å². The molecule has 0 bridgehead atoms. The molecule has 4 rings (SSSR count). The van der Waals surface area contributed by atoms with E-state index in [0.717, 1.165) is 25.3 Å². The van der Waals surface area contributed by atoms with E-state index in [4.69, 9.17) is 0 Å². The highest BCUT2D eigenvalue weighted by Gasteiger charge is 2.36. The summed E-state index contributed by atoms with van der Waals surface area (Å²) in [4.78, 5) is 1.50.